The van der Waals surface area contributed by atoms with Crippen LogP contribution in [0.15, 0.2) is 0 Å². The van der Waals surface area contributed by atoms with Crippen molar-refractivity contribution in [1.82, 2.24) is 4.90 Å². The molecule has 0 aromatic rings. The fourth-order valence-electron chi connectivity index (χ4n) is 0.844. The lowest BCUT2D eigenvalue weighted by Crippen LogP contribution is -2.26. The monoisotopic (exact) mass is 159 g/mol. The molecule has 0 unspecified atom stereocenters. The molecule has 0 aliphatic rings. The molecule has 0 radical (unpaired) electrons. The Morgan fingerprint density at radius 2 is 1.33 bits per heavy atom. The largest absolute Gasteiger partial charge is 0.290 e. The second-order valence-electron chi connectivity index (χ2n) is 2.39. The van der Waals surface area contributed by atoms with Crippen LogP contribution in [0, 0.1) is 37.0 Å². The summed E-state index contributed by atoms with van der Waals surface area (Å²) in [5.74, 6) is 7.72. The first-order valence-electron chi connectivity index (χ1n) is 3.88. The number of nitrogens with zero attached hydrogens (tertiary/aromatic N) is 1. The molecule has 62 valence electrons. The number of rotatable bonds is 5. The number of terminal acetylenes is 3. The Bertz CT molecular complexity index is 203. The summed E-state index contributed by atoms with van der Waals surface area (Å²) in [4.78, 5) is 2.08. The van der Waals surface area contributed by atoms with E-state index in [1.165, 1.54) is 0 Å². The summed E-state index contributed by atoms with van der Waals surface area (Å²) < 4.78 is 0. The topological polar surface area (TPSA) is 3.24 Å². The van der Waals surface area contributed by atoms with Crippen molar-refractivity contribution in [2.75, 3.05) is 19.6 Å². The lowest BCUT2D eigenvalue weighted by Gasteiger charge is -2.16. The Morgan fingerprint density at radius 1 is 0.833 bits per heavy atom. The molecule has 0 aliphatic heterocycles. The Hall–Kier alpha value is -1.36. The molecule has 0 rings (SSSR count). The molecule has 0 bridgehead atoms. The Balaban J connectivity index is 3.66. The van der Waals surface area contributed by atoms with Gasteiger partial charge in [0.05, 0.1) is 6.54 Å². The van der Waals surface area contributed by atoms with Crippen molar-refractivity contribution in [2.45, 2.75) is 12.8 Å². The first-order valence-corrected chi connectivity index (χ1v) is 3.88. The van der Waals surface area contributed by atoms with Crippen LogP contribution in [0.1, 0.15) is 12.8 Å². The second-order valence-corrected chi connectivity index (χ2v) is 2.39. The van der Waals surface area contributed by atoms with Gasteiger partial charge in [-0.05, 0) is 0 Å². The molecule has 0 aliphatic carbocycles. The van der Waals surface area contributed by atoms with Gasteiger partial charge in [0, 0.05) is 25.9 Å². The zero-order valence-corrected chi connectivity index (χ0v) is 7.21. The van der Waals surface area contributed by atoms with Gasteiger partial charge in [-0.2, -0.15) is 0 Å². The van der Waals surface area contributed by atoms with Crippen LogP contribution in [-0.4, -0.2) is 24.5 Å². The van der Waals surface area contributed by atoms with Crippen LogP contribution >= 0.6 is 0 Å². The molecule has 0 aromatic heterocycles. The van der Waals surface area contributed by atoms with Gasteiger partial charge in [-0.25, -0.2) is 0 Å². The summed E-state index contributed by atoms with van der Waals surface area (Å²) in [6, 6.07) is 0. The highest BCUT2D eigenvalue weighted by Gasteiger charge is 1.99. The quantitative estimate of drug-likeness (QED) is 0.540. The molecule has 1 nitrogen and oxygen atoms in total. The summed E-state index contributed by atoms with van der Waals surface area (Å²) in [5, 5.41) is 0. The van der Waals surface area contributed by atoms with Crippen LogP contribution < -0.4 is 0 Å². The van der Waals surface area contributed by atoms with E-state index in [1.807, 2.05) is 0 Å². The summed E-state index contributed by atoms with van der Waals surface area (Å²) in [6.07, 6.45) is 16.9. The van der Waals surface area contributed by atoms with E-state index < -0.39 is 0 Å². The summed E-state index contributed by atoms with van der Waals surface area (Å²) in [7, 11) is 0. The summed E-state index contributed by atoms with van der Waals surface area (Å²) >= 11 is 0. The summed E-state index contributed by atoms with van der Waals surface area (Å²) in [6.45, 7) is 2.30. The zero-order valence-electron chi connectivity index (χ0n) is 7.21. The minimum absolute atomic E-state index is 0.628. The van der Waals surface area contributed by atoms with Crippen LogP contribution in [0.3, 0.4) is 0 Å². The lowest BCUT2D eigenvalue weighted by atomic mass is 10.3. The van der Waals surface area contributed by atoms with Crippen molar-refractivity contribution >= 4 is 0 Å². The van der Waals surface area contributed by atoms with Crippen LogP contribution in [-0.2, 0) is 0 Å². The van der Waals surface area contributed by atoms with Gasteiger partial charge in [0.1, 0.15) is 0 Å². The van der Waals surface area contributed by atoms with E-state index in [1.54, 1.807) is 0 Å². The molecule has 0 amide bonds. The fourth-order valence-corrected chi connectivity index (χ4v) is 0.844. The van der Waals surface area contributed by atoms with Crippen molar-refractivity contribution in [3.63, 3.8) is 0 Å². The van der Waals surface area contributed by atoms with Crippen LogP contribution in [0.5, 0.6) is 0 Å². The molecule has 0 heterocycles. The third-order valence-electron chi connectivity index (χ3n) is 1.46. The lowest BCUT2D eigenvalue weighted by molar-refractivity contribution is 0.323. The van der Waals surface area contributed by atoms with Crippen LogP contribution in [0.4, 0.5) is 0 Å². The Labute approximate surface area is 75.1 Å². The molecule has 0 spiro atoms. The van der Waals surface area contributed by atoms with Gasteiger partial charge in [-0.3, -0.25) is 4.90 Å². The van der Waals surface area contributed by atoms with Gasteiger partial charge >= 0.3 is 0 Å². The molecule has 0 aromatic carbocycles. The molecule has 0 fully saturated rings. The minimum atomic E-state index is 0.628. The standard InChI is InChI=1S/C11H13N/c1-4-7-10-12(9-6-3)11-8-5-2/h1-3H,7-11H2. The smallest absolute Gasteiger partial charge is 0.0599 e. The van der Waals surface area contributed by atoms with E-state index in [2.05, 4.69) is 22.7 Å². The van der Waals surface area contributed by atoms with E-state index in [0.29, 0.717) is 6.54 Å². The van der Waals surface area contributed by atoms with Crippen molar-refractivity contribution < 1.29 is 0 Å². The predicted molar refractivity (Wildman–Crippen MR) is 52.2 cm³/mol. The van der Waals surface area contributed by atoms with E-state index in [4.69, 9.17) is 19.3 Å². The Kier molecular flexibility index (Phi) is 6.87. The van der Waals surface area contributed by atoms with Gasteiger partial charge in [-0.15, -0.1) is 31.1 Å². The molecule has 0 saturated carbocycles. The van der Waals surface area contributed by atoms with Gasteiger partial charge in [0.25, 0.3) is 0 Å². The predicted octanol–water partition coefficient (Wildman–Crippen LogP) is 0.968. The van der Waals surface area contributed by atoms with Crippen molar-refractivity contribution in [1.29, 1.82) is 0 Å². The highest BCUT2D eigenvalue weighted by Crippen LogP contribution is 1.91. The van der Waals surface area contributed by atoms with Crippen LogP contribution in [0.2, 0.25) is 0 Å². The third-order valence-corrected chi connectivity index (χ3v) is 1.46. The van der Waals surface area contributed by atoms with Crippen LogP contribution in [0.25, 0.3) is 0 Å². The van der Waals surface area contributed by atoms with Crippen molar-refractivity contribution in [3.8, 4) is 37.0 Å². The first kappa shape index (κ1) is 10.6. The second kappa shape index (κ2) is 7.74. The van der Waals surface area contributed by atoms with Gasteiger partial charge in [0.15, 0.2) is 0 Å². The average molecular weight is 159 g/mol. The number of hydrogen-bond donors (Lipinski definition) is 0. The maximum atomic E-state index is 5.18. The van der Waals surface area contributed by atoms with Crippen molar-refractivity contribution in [2.24, 2.45) is 0 Å². The van der Waals surface area contributed by atoms with E-state index in [-0.39, 0.29) is 0 Å². The highest BCUT2D eigenvalue weighted by molar-refractivity contribution is 4.92. The molecular formula is C11H13N. The molecule has 12 heavy (non-hydrogen) atoms. The normalized spacial score (nSPS) is 8.50. The number of hydrogen-bond acceptors (Lipinski definition) is 1. The molecule has 1 heteroatoms. The van der Waals surface area contributed by atoms with Gasteiger partial charge < -0.3 is 0 Å². The Morgan fingerprint density at radius 3 is 1.67 bits per heavy atom. The molecule has 0 saturated heterocycles. The molecule has 0 atom stereocenters. The fraction of sp³-hybridized carbons (Fsp3) is 0.455. The minimum Gasteiger partial charge on any atom is -0.290 e. The highest BCUT2D eigenvalue weighted by atomic mass is 15.1. The maximum absolute atomic E-state index is 5.18. The van der Waals surface area contributed by atoms with Crippen molar-refractivity contribution in [3.05, 3.63) is 0 Å². The third kappa shape index (κ3) is 5.43. The van der Waals surface area contributed by atoms with Gasteiger partial charge in [-0.1, -0.05) is 5.92 Å². The van der Waals surface area contributed by atoms with E-state index in [9.17, 15) is 0 Å². The van der Waals surface area contributed by atoms with Gasteiger partial charge in [0.2, 0.25) is 0 Å². The maximum Gasteiger partial charge on any atom is 0.0599 e. The van der Waals surface area contributed by atoms with E-state index in [0.717, 1.165) is 25.9 Å². The van der Waals surface area contributed by atoms with E-state index >= 15 is 0 Å². The SMILES string of the molecule is C#CCCN(CC#C)CCC#C. The summed E-state index contributed by atoms with van der Waals surface area (Å²) in [5.41, 5.74) is 0. The zero-order chi connectivity index (χ0) is 9.23. The molecular weight excluding hydrogens is 146 g/mol. The molecule has 0 N–H and O–H groups in total. The first-order chi connectivity index (χ1) is 5.85. The average Bonchev–Trinajstić information content (AvgIpc) is 2.10.